The molecule has 0 fully saturated rings. The Morgan fingerprint density at radius 1 is 1.53 bits per heavy atom. The van der Waals surface area contributed by atoms with Gasteiger partial charge in [0.2, 0.25) is 0 Å². The van der Waals surface area contributed by atoms with Gasteiger partial charge in [-0.05, 0) is 28.1 Å². The number of halogens is 2. The van der Waals surface area contributed by atoms with E-state index in [1.165, 1.54) is 18.2 Å². The Balaban J connectivity index is 2.07. The van der Waals surface area contributed by atoms with E-state index >= 15 is 0 Å². The molecule has 1 heterocycles. The normalized spacial score (nSPS) is 10.2. The number of nitrogens with zero attached hydrogens (tertiary/aromatic N) is 3. The second-order valence-corrected chi connectivity index (χ2v) is 3.91. The molecule has 2 N–H and O–H groups in total. The van der Waals surface area contributed by atoms with E-state index < -0.39 is 11.7 Å². The highest BCUT2D eigenvalue weighted by molar-refractivity contribution is 9.10. The van der Waals surface area contributed by atoms with E-state index in [0.29, 0.717) is 5.82 Å². The van der Waals surface area contributed by atoms with Crippen molar-refractivity contribution in [1.29, 1.82) is 0 Å². The van der Waals surface area contributed by atoms with Crippen LogP contribution in [0.2, 0.25) is 0 Å². The summed E-state index contributed by atoms with van der Waals surface area (Å²) in [5.41, 5.74) is 0.216. The maximum absolute atomic E-state index is 13.2. The zero-order valence-corrected chi connectivity index (χ0v) is 10.0. The number of aromatic amines is 1. The van der Waals surface area contributed by atoms with Crippen molar-refractivity contribution in [3.8, 4) is 0 Å². The monoisotopic (exact) mass is 299 g/mol. The summed E-state index contributed by atoms with van der Waals surface area (Å²) in [6.07, 6.45) is 0. The van der Waals surface area contributed by atoms with Crippen molar-refractivity contribution in [2.45, 2.75) is 6.54 Å². The fourth-order valence-corrected chi connectivity index (χ4v) is 1.64. The number of tetrazole rings is 1. The van der Waals surface area contributed by atoms with Crippen LogP contribution in [0, 0.1) is 5.82 Å². The Labute approximate surface area is 104 Å². The van der Waals surface area contributed by atoms with Gasteiger partial charge in [0.25, 0.3) is 5.91 Å². The molecule has 0 saturated carbocycles. The molecule has 2 aromatic rings. The molecule has 8 heteroatoms. The second kappa shape index (κ2) is 5.00. The standard InChI is InChI=1S/C9H7BrFN5O/c10-8-5(2-1-3-6(8)11)9(17)12-4-7-13-15-16-14-7/h1-3H,4H2,(H,12,17)(H,13,14,15,16). The van der Waals surface area contributed by atoms with Crippen LogP contribution in [0.15, 0.2) is 22.7 Å². The molecule has 0 aliphatic heterocycles. The van der Waals surface area contributed by atoms with Gasteiger partial charge in [0.05, 0.1) is 16.6 Å². The van der Waals surface area contributed by atoms with Crippen LogP contribution >= 0.6 is 15.9 Å². The summed E-state index contributed by atoms with van der Waals surface area (Å²) >= 11 is 3.01. The molecule has 1 aromatic carbocycles. The highest BCUT2D eigenvalue weighted by Crippen LogP contribution is 2.20. The topological polar surface area (TPSA) is 83.6 Å². The smallest absolute Gasteiger partial charge is 0.252 e. The maximum atomic E-state index is 13.2. The lowest BCUT2D eigenvalue weighted by Gasteiger charge is -2.05. The Kier molecular flexibility index (Phi) is 3.43. The molecule has 6 nitrogen and oxygen atoms in total. The summed E-state index contributed by atoms with van der Waals surface area (Å²) in [6, 6.07) is 4.24. The molecule has 0 aliphatic rings. The molecule has 0 atom stereocenters. The van der Waals surface area contributed by atoms with Crippen LogP contribution < -0.4 is 5.32 Å². The van der Waals surface area contributed by atoms with Gasteiger partial charge in [0.15, 0.2) is 5.82 Å². The highest BCUT2D eigenvalue weighted by atomic mass is 79.9. The minimum Gasteiger partial charge on any atom is -0.345 e. The molecule has 0 unspecified atom stereocenters. The van der Waals surface area contributed by atoms with E-state index in [1.807, 2.05) is 0 Å². The summed E-state index contributed by atoms with van der Waals surface area (Å²) in [5.74, 6) is -0.552. The zero-order chi connectivity index (χ0) is 12.3. The van der Waals surface area contributed by atoms with E-state index in [1.54, 1.807) is 0 Å². The molecule has 1 aromatic heterocycles. The molecule has 2 rings (SSSR count). The third-order valence-electron chi connectivity index (χ3n) is 1.99. The van der Waals surface area contributed by atoms with Crippen molar-refractivity contribution in [1.82, 2.24) is 25.9 Å². The third-order valence-corrected chi connectivity index (χ3v) is 2.80. The van der Waals surface area contributed by atoms with Gasteiger partial charge in [-0.2, -0.15) is 5.21 Å². The number of hydrogen-bond donors (Lipinski definition) is 2. The number of nitrogens with one attached hydrogen (secondary N) is 2. The first-order chi connectivity index (χ1) is 8.18. The van der Waals surface area contributed by atoms with Gasteiger partial charge >= 0.3 is 0 Å². The average molecular weight is 300 g/mol. The molecule has 0 radical (unpaired) electrons. The van der Waals surface area contributed by atoms with E-state index in [9.17, 15) is 9.18 Å². The molecule has 17 heavy (non-hydrogen) atoms. The van der Waals surface area contributed by atoms with Crippen molar-refractivity contribution in [3.05, 3.63) is 39.9 Å². The maximum Gasteiger partial charge on any atom is 0.252 e. The number of H-pyrrole nitrogens is 1. The molecule has 0 spiro atoms. The first kappa shape index (κ1) is 11.6. The molecule has 0 saturated heterocycles. The zero-order valence-electron chi connectivity index (χ0n) is 8.44. The van der Waals surface area contributed by atoms with Crippen molar-refractivity contribution >= 4 is 21.8 Å². The fourth-order valence-electron chi connectivity index (χ4n) is 1.19. The number of amides is 1. The van der Waals surface area contributed by atoms with Gasteiger partial charge in [-0.25, -0.2) is 4.39 Å². The largest absolute Gasteiger partial charge is 0.345 e. The number of benzene rings is 1. The van der Waals surface area contributed by atoms with Gasteiger partial charge in [0.1, 0.15) is 5.82 Å². The van der Waals surface area contributed by atoms with Crippen molar-refractivity contribution in [2.75, 3.05) is 0 Å². The third kappa shape index (κ3) is 2.64. The number of carbonyl (C=O) groups is 1. The van der Waals surface area contributed by atoms with Crippen LogP contribution in [0.3, 0.4) is 0 Å². The summed E-state index contributed by atoms with van der Waals surface area (Å²) < 4.78 is 13.3. The molecule has 0 aliphatic carbocycles. The van der Waals surface area contributed by atoms with Crippen molar-refractivity contribution in [3.63, 3.8) is 0 Å². The molecule has 1 amide bonds. The molecular weight excluding hydrogens is 293 g/mol. The van der Waals surface area contributed by atoms with Crippen LogP contribution in [-0.4, -0.2) is 26.5 Å². The summed E-state index contributed by atoms with van der Waals surface area (Å²) in [5, 5.41) is 15.5. The lowest BCUT2D eigenvalue weighted by molar-refractivity contribution is 0.0948. The van der Waals surface area contributed by atoms with E-state index in [0.717, 1.165) is 0 Å². The Hall–Kier alpha value is -1.83. The van der Waals surface area contributed by atoms with Gasteiger partial charge in [-0.3, -0.25) is 4.79 Å². The first-order valence-corrected chi connectivity index (χ1v) is 5.42. The van der Waals surface area contributed by atoms with E-state index in [-0.39, 0.29) is 16.6 Å². The van der Waals surface area contributed by atoms with Crippen molar-refractivity contribution < 1.29 is 9.18 Å². The lowest BCUT2D eigenvalue weighted by Crippen LogP contribution is -2.24. The molecular formula is C9H7BrFN5O. The Bertz CT molecular complexity index is 530. The number of carbonyl (C=O) groups excluding carboxylic acids is 1. The molecule has 0 bridgehead atoms. The summed E-state index contributed by atoms with van der Waals surface area (Å²) in [6.45, 7) is 0.123. The summed E-state index contributed by atoms with van der Waals surface area (Å²) in [7, 11) is 0. The second-order valence-electron chi connectivity index (χ2n) is 3.11. The highest BCUT2D eigenvalue weighted by Gasteiger charge is 2.13. The van der Waals surface area contributed by atoms with Gasteiger partial charge < -0.3 is 5.32 Å². The number of rotatable bonds is 3. The van der Waals surface area contributed by atoms with Crippen LogP contribution in [0.1, 0.15) is 16.2 Å². The number of aromatic nitrogens is 4. The van der Waals surface area contributed by atoms with Gasteiger partial charge in [-0.15, -0.1) is 10.2 Å². The van der Waals surface area contributed by atoms with E-state index in [2.05, 4.69) is 41.9 Å². The SMILES string of the molecule is O=C(NCc1nn[nH]n1)c1cccc(F)c1Br. The minimum atomic E-state index is -0.489. The van der Waals surface area contributed by atoms with Gasteiger partial charge in [0, 0.05) is 0 Å². The fraction of sp³-hybridized carbons (Fsp3) is 0.111. The van der Waals surface area contributed by atoms with Crippen molar-refractivity contribution in [2.24, 2.45) is 0 Å². The van der Waals surface area contributed by atoms with Crippen LogP contribution in [0.5, 0.6) is 0 Å². The van der Waals surface area contributed by atoms with Crippen LogP contribution in [0.25, 0.3) is 0 Å². The predicted molar refractivity (Wildman–Crippen MR) is 59.4 cm³/mol. The van der Waals surface area contributed by atoms with Crippen LogP contribution in [-0.2, 0) is 6.54 Å². The number of hydrogen-bond acceptors (Lipinski definition) is 4. The summed E-state index contributed by atoms with van der Waals surface area (Å²) in [4.78, 5) is 11.7. The Morgan fingerprint density at radius 2 is 2.35 bits per heavy atom. The molecule has 88 valence electrons. The first-order valence-electron chi connectivity index (χ1n) is 4.63. The predicted octanol–water partition coefficient (Wildman–Crippen LogP) is 1.03. The van der Waals surface area contributed by atoms with Gasteiger partial charge in [-0.1, -0.05) is 11.3 Å². The quantitative estimate of drug-likeness (QED) is 0.887. The minimum absolute atomic E-state index is 0.123. The lowest BCUT2D eigenvalue weighted by atomic mass is 10.2. The van der Waals surface area contributed by atoms with Crippen LogP contribution in [0.4, 0.5) is 4.39 Å². The average Bonchev–Trinajstić information content (AvgIpc) is 2.82. The Morgan fingerprint density at radius 3 is 3.06 bits per heavy atom. The van der Waals surface area contributed by atoms with E-state index in [4.69, 9.17) is 0 Å².